The van der Waals surface area contributed by atoms with Crippen molar-refractivity contribution >= 4 is 25.8 Å². The first-order chi connectivity index (χ1) is 8.07. The number of halogens is 1. The van der Waals surface area contributed by atoms with Gasteiger partial charge in [-0.25, -0.2) is 8.42 Å². The highest BCUT2D eigenvalue weighted by Gasteiger charge is 2.23. The summed E-state index contributed by atoms with van der Waals surface area (Å²) in [5.74, 6) is 1.78. The average molecular weight is 319 g/mol. The predicted molar refractivity (Wildman–Crippen MR) is 71.0 cm³/mol. The third kappa shape index (κ3) is 3.71. The molecular formula is C12H15BrO3S. The second kappa shape index (κ2) is 5.40. The fourth-order valence-corrected chi connectivity index (χ4v) is 3.86. The van der Waals surface area contributed by atoms with E-state index >= 15 is 0 Å². The van der Waals surface area contributed by atoms with Gasteiger partial charge in [0.2, 0.25) is 0 Å². The summed E-state index contributed by atoms with van der Waals surface area (Å²) in [6.07, 6.45) is 1.43. The van der Waals surface area contributed by atoms with Gasteiger partial charge in [0.1, 0.15) is 15.6 Å². The fourth-order valence-electron chi connectivity index (χ4n) is 1.87. The lowest BCUT2D eigenvalue weighted by molar-refractivity contribution is 0.237. The SMILES string of the molecule is O=S1(=O)CCC(COc2ccccc2Br)CC1. The van der Waals surface area contributed by atoms with Crippen LogP contribution in [0.1, 0.15) is 12.8 Å². The summed E-state index contributed by atoms with van der Waals surface area (Å²) in [5, 5.41) is 0. The maximum absolute atomic E-state index is 11.3. The van der Waals surface area contributed by atoms with Crippen LogP contribution in [-0.2, 0) is 9.84 Å². The van der Waals surface area contributed by atoms with Crippen molar-refractivity contribution in [3.8, 4) is 5.75 Å². The number of sulfone groups is 1. The predicted octanol–water partition coefficient (Wildman–Crippen LogP) is 2.65. The van der Waals surface area contributed by atoms with Crippen molar-refractivity contribution in [1.29, 1.82) is 0 Å². The van der Waals surface area contributed by atoms with Gasteiger partial charge in [-0.1, -0.05) is 12.1 Å². The molecule has 0 amide bonds. The van der Waals surface area contributed by atoms with Crippen LogP contribution < -0.4 is 4.74 Å². The lowest BCUT2D eigenvalue weighted by atomic mass is 10.0. The van der Waals surface area contributed by atoms with E-state index in [1.165, 1.54) is 0 Å². The van der Waals surface area contributed by atoms with E-state index in [1.807, 2.05) is 24.3 Å². The lowest BCUT2D eigenvalue weighted by Crippen LogP contribution is -2.26. The molecule has 2 rings (SSSR count). The van der Waals surface area contributed by atoms with Crippen molar-refractivity contribution in [1.82, 2.24) is 0 Å². The van der Waals surface area contributed by atoms with Crippen molar-refractivity contribution in [2.45, 2.75) is 12.8 Å². The number of rotatable bonds is 3. The molecule has 0 saturated carbocycles. The van der Waals surface area contributed by atoms with Crippen molar-refractivity contribution in [2.24, 2.45) is 5.92 Å². The summed E-state index contributed by atoms with van der Waals surface area (Å²) in [6.45, 7) is 0.595. The van der Waals surface area contributed by atoms with Crippen LogP contribution >= 0.6 is 15.9 Å². The molecule has 0 atom stereocenters. The molecule has 1 fully saturated rings. The Morgan fingerprint density at radius 2 is 1.88 bits per heavy atom. The van der Waals surface area contributed by atoms with Crippen LogP contribution in [-0.4, -0.2) is 26.5 Å². The van der Waals surface area contributed by atoms with Crippen molar-refractivity contribution in [3.05, 3.63) is 28.7 Å². The van der Waals surface area contributed by atoms with Gasteiger partial charge in [0, 0.05) is 0 Å². The Balaban J connectivity index is 1.86. The Morgan fingerprint density at radius 1 is 1.24 bits per heavy atom. The highest BCUT2D eigenvalue weighted by molar-refractivity contribution is 9.10. The van der Waals surface area contributed by atoms with Crippen LogP contribution in [0, 0.1) is 5.92 Å². The highest BCUT2D eigenvalue weighted by Crippen LogP contribution is 2.26. The standard InChI is InChI=1S/C12H15BrO3S/c13-11-3-1-2-4-12(11)16-9-10-5-7-17(14,15)8-6-10/h1-4,10H,5-9H2. The Kier molecular flexibility index (Phi) is 4.09. The number of benzene rings is 1. The smallest absolute Gasteiger partial charge is 0.150 e. The summed E-state index contributed by atoms with van der Waals surface area (Å²) >= 11 is 3.42. The van der Waals surface area contributed by atoms with E-state index in [0.29, 0.717) is 36.9 Å². The lowest BCUT2D eigenvalue weighted by Gasteiger charge is -2.22. The summed E-state index contributed by atoms with van der Waals surface area (Å²) in [7, 11) is -2.77. The summed E-state index contributed by atoms with van der Waals surface area (Å²) < 4.78 is 29.2. The van der Waals surface area contributed by atoms with Gasteiger partial charge < -0.3 is 4.74 Å². The minimum Gasteiger partial charge on any atom is -0.492 e. The molecule has 5 heteroatoms. The molecule has 0 aliphatic carbocycles. The minimum absolute atomic E-state index is 0.303. The maximum Gasteiger partial charge on any atom is 0.150 e. The third-order valence-electron chi connectivity index (χ3n) is 2.99. The summed E-state index contributed by atoms with van der Waals surface area (Å²) in [4.78, 5) is 0. The van der Waals surface area contributed by atoms with Crippen molar-refractivity contribution < 1.29 is 13.2 Å². The molecule has 1 heterocycles. The molecule has 1 aliphatic rings. The Labute approximate surface area is 110 Å². The van der Waals surface area contributed by atoms with Crippen LogP contribution in [0.3, 0.4) is 0 Å². The Morgan fingerprint density at radius 3 is 2.53 bits per heavy atom. The van der Waals surface area contributed by atoms with Crippen molar-refractivity contribution in [2.75, 3.05) is 18.1 Å². The number of hydrogen-bond donors (Lipinski definition) is 0. The Hall–Kier alpha value is -0.550. The zero-order valence-electron chi connectivity index (χ0n) is 9.43. The van der Waals surface area contributed by atoms with Gasteiger partial charge in [-0.05, 0) is 46.8 Å². The molecule has 0 bridgehead atoms. The van der Waals surface area contributed by atoms with E-state index in [2.05, 4.69) is 15.9 Å². The average Bonchev–Trinajstić information content (AvgIpc) is 2.30. The molecule has 3 nitrogen and oxygen atoms in total. The quantitative estimate of drug-likeness (QED) is 0.860. The molecule has 0 N–H and O–H groups in total. The maximum atomic E-state index is 11.3. The van der Waals surface area contributed by atoms with Gasteiger partial charge in [0.05, 0.1) is 22.6 Å². The van der Waals surface area contributed by atoms with Crippen LogP contribution in [0.5, 0.6) is 5.75 Å². The number of hydrogen-bond acceptors (Lipinski definition) is 3. The first-order valence-electron chi connectivity index (χ1n) is 5.64. The van der Waals surface area contributed by atoms with E-state index in [4.69, 9.17) is 4.74 Å². The molecule has 1 saturated heterocycles. The molecule has 0 radical (unpaired) electrons. The topological polar surface area (TPSA) is 43.4 Å². The number of para-hydroxylation sites is 1. The normalized spacial score (nSPS) is 20.1. The highest BCUT2D eigenvalue weighted by atomic mass is 79.9. The molecule has 1 aliphatic heterocycles. The largest absolute Gasteiger partial charge is 0.492 e. The zero-order valence-corrected chi connectivity index (χ0v) is 11.8. The first kappa shape index (κ1) is 12.9. The van der Waals surface area contributed by atoms with Gasteiger partial charge in [0.15, 0.2) is 0 Å². The molecule has 0 spiro atoms. The second-order valence-electron chi connectivity index (χ2n) is 4.34. The minimum atomic E-state index is -2.77. The molecule has 17 heavy (non-hydrogen) atoms. The molecule has 1 aromatic rings. The van der Waals surface area contributed by atoms with E-state index in [1.54, 1.807) is 0 Å². The summed E-state index contributed by atoms with van der Waals surface area (Å²) in [6, 6.07) is 7.69. The van der Waals surface area contributed by atoms with E-state index in [9.17, 15) is 8.42 Å². The first-order valence-corrected chi connectivity index (χ1v) is 8.26. The van der Waals surface area contributed by atoms with Crippen LogP contribution in [0.4, 0.5) is 0 Å². The van der Waals surface area contributed by atoms with Gasteiger partial charge in [-0.2, -0.15) is 0 Å². The second-order valence-corrected chi connectivity index (χ2v) is 7.49. The third-order valence-corrected chi connectivity index (χ3v) is 5.36. The fraction of sp³-hybridized carbons (Fsp3) is 0.500. The molecule has 1 aromatic carbocycles. The number of ether oxygens (including phenoxy) is 1. The zero-order chi connectivity index (χ0) is 12.3. The van der Waals surface area contributed by atoms with E-state index in [-0.39, 0.29) is 0 Å². The molecule has 0 unspecified atom stereocenters. The van der Waals surface area contributed by atoms with Gasteiger partial charge >= 0.3 is 0 Å². The molecular weight excluding hydrogens is 304 g/mol. The van der Waals surface area contributed by atoms with Crippen LogP contribution in [0.25, 0.3) is 0 Å². The van der Waals surface area contributed by atoms with Gasteiger partial charge in [-0.15, -0.1) is 0 Å². The molecule has 94 valence electrons. The van der Waals surface area contributed by atoms with E-state index in [0.717, 1.165) is 10.2 Å². The van der Waals surface area contributed by atoms with Crippen LogP contribution in [0.2, 0.25) is 0 Å². The molecule has 0 aromatic heterocycles. The van der Waals surface area contributed by atoms with Gasteiger partial charge in [0.25, 0.3) is 0 Å². The van der Waals surface area contributed by atoms with E-state index < -0.39 is 9.84 Å². The Bertz CT molecular complexity index is 470. The van der Waals surface area contributed by atoms with Crippen LogP contribution in [0.15, 0.2) is 28.7 Å². The van der Waals surface area contributed by atoms with Crippen molar-refractivity contribution in [3.63, 3.8) is 0 Å². The monoisotopic (exact) mass is 318 g/mol. The summed E-state index contributed by atoms with van der Waals surface area (Å²) in [5.41, 5.74) is 0. The van der Waals surface area contributed by atoms with Gasteiger partial charge in [-0.3, -0.25) is 0 Å².